The van der Waals surface area contributed by atoms with Crippen molar-refractivity contribution in [3.05, 3.63) is 70.9 Å². The first-order valence-corrected chi connectivity index (χ1v) is 9.43. The minimum atomic E-state index is -5.82. The van der Waals surface area contributed by atoms with Gasteiger partial charge in [-0.3, -0.25) is 10.1 Å². The van der Waals surface area contributed by atoms with Crippen molar-refractivity contribution >= 4 is 28.4 Å². The van der Waals surface area contributed by atoms with E-state index in [1.165, 1.54) is 18.3 Å². The molecule has 4 N–H and O–H groups in total. The van der Waals surface area contributed by atoms with Gasteiger partial charge in [-0.2, -0.15) is 26.3 Å². The summed E-state index contributed by atoms with van der Waals surface area (Å²) >= 11 is 5.69. The Balaban J connectivity index is 1.87. The summed E-state index contributed by atoms with van der Waals surface area (Å²) in [5.74, 6) is -1.54. The normalized spacial score (nSPS) is 12.9. The van der Waals surface area contributed by atoms with Crippen molar-refractivity contribution < 1.29 is 36.5 Å². The van der Waals surface area contributed by atoms with Gasteiger partial charge in [-0.1, -0.05) is 35.9 Å². The molecule has 31 heavy (non-hydrogen) atoms. The number of hydrogen-bond donors (Lipinski definition) is 3. The minimum absolute atomic E-state index is 0.000540. The van der Waals surface area contributed by atoms with E-state index in [4.69, 9.17) is 11.6 Å². The fourth-order valence-corrected chi connectivity index (χ4v) is 3.44. The third kappa shape index (κ3) is 4.64. The molecule has 0 aliphatic heterocycles. The first kappa shape index (κ1) is 23.0. The van der Waals surface area contributed by atoms with Crippen LogP contribution in [0.4, 0.5) is 26.3 Å². The van der Waals surface area contributed by atoms with Gasteiger partial charge >= 0.3 is 18.0 Å². The Morgan fingerprint density at radius 3 is 2.32 bits per heavy atom. The standard InChI is InChI=1S/C20H16ClF6N3O/c21-14-5-3-4-12(10-14)17(31)30-18(19(22,23)24,20(25,26)27)29-9-8-13-11-28-16-7-2-1-6-15(13)16/h1-7,10-11,28-29H,8-9H2,(H,30,31)/p+1. The van der Waals surface area contributed by atoms with Gasteiger partial charge in [-0.25, -0.2) is 0 Å². The molecule has 1 heterocycles. The van der Waals surface area contributed by atoms with Gasteiger partial charge in [0, 0.05) is 34.1 Å². The van der Waals surface area contributed by atoms with Gasteiger partial charge in [-0.15, -0.1) is 0 Å². The largest absolute Gasteiger partial charge is 0.475 e. The number of amides is 1. The summed E-state index contributed by atoms with van der Waals surface area (Å²) in [7, 11) is 0. The maximum Gasteiger partial charge on any atom is 0.475 e. The van der Waals surface area contributed by atoms with Crippen LogP contribution in [0.25, 0.3) is 10.9 Å². The second-order valence-electron chi connectivity index (χ2n) is 6.87. The zero-order valence-corrected chi connectivity index (χ0v) is 16.5. The smallest absolute Gasteiger partial charge is 0.361 e. The van der Waals surface area contributed by atoms with Gasteiger partial charge in [0.2, 0.25) is 0 Å². The van der Waals surface area contributed by atoms with E-state index in [9.17, 15) is 31.1 Å². The van der Waals surface area contributed by atoms with Crippen LogP contribution in [0.5, 0.6) is 0 Å². The van der Waals surface area contributed by atoms with Crippen molar-refractivity contribution in [2.75, 3.05) is 6.54 Å². The van der Waals surface area contributed by atoms with E-state index in [-0.39, 0.29) is 16.8 Å². The van der Waals surface area contributed by atoms with Crippen LogP contribution in [0.3, 0.4) is 0 Å². The number of rotatable bonds is 6. The van der Waals surface area contributed by atoms with Crippen molar-refractivity contribution in [3.8, 4) is 0 Å². The van der Waals surface area contributed by atoms with Crippen LogP contribution < -0.4 is 10.6 Å². The van der Waals surface area contributed by atoms with Crippen LogP contribution in [0.1, 0.15) is 15.9 Å². The molecule has 2 aromatic carbocycles. The molecule has 0 aliphatic carbocycles. The molecule has 11 heteroatoms. The quantitative estimate of drug-likeness (QED) is 0.372. The number of nitrogens with one attached hydrogen (secondary N) is 2. The van der Waals surface area contributed by atoms with Gasteiger partial charge in [0.15, 0.2) is 0 Å². The van der Waals surface area contributed by atoms with E-state index < -0.39 is 36.0 Å². The highest BCUT2D eigenvalue weighted by atomic mass is 35.5. The lowest BCUT2D eigenvalue weighted by Crippen LogP contribution is -3.08. The first-order valence-electron chi connectivity index (χ1n) is 9.05. The summed E-state index contributed by atoms with van der Waals surface area (Å²) in [6, 6.07) is 11.6. The molecule has 1 amide bonds. The number of H-pyrrole nitrogens is 1. The van der Waals surface area contributed by atoms with Gasteiger partial charge in [0.05, 0.1) is 6.54 Å². The van der Waals surface area contributed by atoms with Crippen molar-refractivity contribution in [2.24, 2.45) is 0 Å². The van der Waals surface area contributed by atoms with Gasteiger partial charge < -0.3 is 10.3 Å². The van der Waals surface area contributed by atoms with Crippen molar-refractivity contribution in [1.29, 1.82) is 0 Å². The number of nitrogens with two attached hydrogens (primary N) is 1. The molecule has 0 atom stereocenters. The summed E-state index contributed by atoms with van der Waals surface area (Å²) < 4.78 is 82.5. The fraction of sp³-hybridized carbons (Fsp3) is 0.250. The Kier molecular flexibility index (Phi) is 6.24. The van der Waals surface area contributed by atoms with E-state index in [0.29, 0.717) is 16.5 Å². The molecule has 0 saturated carbocycles. The van der Waals surface area contributed by atoms with Gasteiger partial charge in [-0.05, 0) is 29.8 Å². The lowest BCUT2D eigenvalue weighted by molar-refractivity contribution is -0.784. The van der Waals surface area contributed by atoms with E-state index >= 15 is 0 Å². The predicted octanol–water partition coefficient (Wildman–Crippen LogP) is 4.18. The fourth-order valence-electron chi connectivity index (χ4n) is 3.25. The number of carbonyl (C=O) groups excluding carboxylic acids is 1. The lowest BCUT2D eigenvalue weighted by Gasteiger charge is -2.35. The number of aromatic amines is 1. The predicted molar refractivity (Wildman–Crippen MR) is 103 cm³/mol. The number of fused-ring (bicyclic) bond motifs is 1. The number of alkyl halides is 6. The lowest BCUT2D eigenvalue weighted by atomic mass is 10.1. The van der Waals surface area contributed by atoms with Crippen molar-refractivity contribution in [2.45, 2.75) is 24.4 Å². The average Bonchev–Trinajstić information content (AvgIpc) is 3.08. The van der Waals surface area contributed by atoms with Gasteiger partial charge in [0.25, 0.3) is 5.91 Å². The van der Waals surface area contributed by atoms with E-state index in [2.05, 4.69) is 4.98 Å². The molecule has 3 aromatic rings. The van der Waals surface area contributed by atoms with Crippen LogP contribution in [0, 0.1) is 0 Å². The molecule has 1 aromatic heterocycles. The molecule has 0 bridgehead atoms. The number of quaternary nitrogens is 1. The summed E-state index contributed by atoms with van der Waals surface area (Å²) in [6.45, 7) is -0.587. The SMILES string of the molecule is O=C(NC([NH2+]CCc1c[nH]c2ccccc12)(C(F)(F)F)C(F)(F)F)c1cccc(Cl)c1. The zero-order chi connectivity index (χ0) is 22.9. The van der Waals surface area contributed by atoms with Crippen LogP contribution in [-0.2, 0) is 6.42 Å². The second-order valence-corrected chi connectivity index (χ2v) is 7.31. The summed E-state index contributed by atoms with van der Waals surface area (Å²) in [5.41, 5.74) is -3.67. The molecule has 0 spiro atoms. The third-order valence-electron chi connectivity index (χ3n) is 4.83. The highest BCUT2D eigenvalue weighted by molar-refractivity contribution is 6.30. The first-order chi connectivity index (χ1) is 14.4. The Bertz CT molecular complexity index is 1060. The van der Waals surface area contributed by atoms with Gasteiger partial charge in [0.1, 0.15) is 0 Å². The molecule has 0 aliphatic rings. The van der Waals surface area contributed by atoms with Crippen molar-refractivity contribution in [1.82, 2.24) is 10.3 Å². The minimum Gasteiger partial charge on any atom is -0.361 e. The Morgan fingerprint density at radius 2 is 1.68 bits per heavy atom. The average molecular weight is 465 g/mol. The molecule has 0 radical (unpaired) electrons. The molecule has 0 saturated heterocycles. The van der Waals surface area contributed by atoms with E-state index in [0.717, 1.165) is 17.4 Å². The molecular weight excluding hydrogens is 448 g/mol. The third-order valence-corrected chi connectivity index (χ3v) is 5.07. The Labute approximate surface area is 177 Å². The van der Waals surface area contributed by atoms with E-state index in [1.54, 1.807) is 24.3 Å². The summed E-state index contributed by atoms with van der Waals surface area (Å²) in [6.07, 6.45) is -10.2. The molecule has 0 unspecified atom stereocenters. The molecular formula is C20H17ClF6N3O+. The number of aromatic nitrogens is 1. The van der Waals surface area contributed by atoms with Crippen LogP contribution in [-0.4, -0.2) is 35.5 Å². The van der Waals surface area contributed by atoms with Crippen LogP contribution in [0.2, 0.25) is 5.02 Å². The number of carbonyl (C=O) groups is 1. The number of para-hydroxylation sites is 1. The molecule has 166 valence electrons. The summed E-state index contributed by atoms with van der Waals surface area (Å²) in [4.78, 5) is 15.2. The zero-order valence-electron chi connectivity index (χ0n) is 15.7. The number of halogens is 7. The second kappa shape index (κ2) is 8.43. The highest BCUT2D eigenvalue weighted by Crippen LogP contribution is 2.38. The maximum atomic E-state index is 13.7. The maximum absolute atomic E-state index is 13.7. The summed E-state index contributed by atoms with van der Waals surface area (Å²) in [5, 5.41) is 1.93. The number of hydrogen-bond acceptors (Lipinski definition) is 1. The molecule has 4 nitrogen and oxygen atoms in total. The molecule has 3 rings (SSSR count). The van der Waals surface area contributed by atoms with Crippen molar-refractivity contribution in [3.63, 3.8) is 0 Å². The Morgan fingerprint density at radius 1 is 1.00 bits per heavy atom. The number of benzene rings is 2. The van der Waals surface area contributed by atoms with Crippen LogP contribution in [0.15, 0.2) is 54.7 Å². The highest BCUT2D eigenvalue weighted by Gasteiger charge is 2.76. The van der Waals surface area contributed by atoms with E-state index in [1.807, 2.05) is 0 Å². The molecule has 0 fully saturated rings. The monoisotopic (exact) mass is 464 g/mol. The Hall–Kier alpha value is -2.72. The van der Waals surface area contributed by atoms with Crippen LogP contribution >= 0.6 is 11.6 Å². The topological polar surface area (TPSA) is 61.5 Å².